The molecule has 0 bridgehead atoms. The van der Waals surface area contributed by atoms with E-state index in [1.54, 1.807) is 17.5 Å². The van der Waals surface area contributed by atoms with Crippen molar-refractivity contribution in [3.63, 3.8) is 0 Å². The van der Waals surface area contributed by atoms with Crippen LogP contribution in [0.25, 0.3) is 10.6 Å². The van der Waals surface area contributed by atoms with Crippen molar-refractivity contribution in [2.75, 3.05) is 11.9 Å². The number of pyridine rings is 1. The molecule has 5 nitrogen and oxygen atoms in total. The van der Waals surface area contributed by atoms with Crippen LogP contribution in [0.15, 0.2) is 22.1 Å². The molecule has 21 heavy (non-hydrogen) atoms. The number of nitrogens with one attached hydrogen (secondary N) is 2. The van der Waals surface area contributed by atoms with Gasteiger partial charge in [-0.2, -0.15) is 0 Å². The molecule has 2 aromatic heterocycles. The van der Waals surface area contributed by atoms with E-state index in [1.165, 1.54) is 12.8 Å². The van der Waals surface area contributed by atoms with E-state index in [-0.39, 0.29) is 6.03 Å². The Kier molecular flexibility index (Phi) is 4.21. The molecule has 1 saturated carbocycles. The van der Waals surface area contributed by atoms with E-state index in [4.69, 9.17) is 0 Å². The summed E-state index contributed by atoms with van der Waals surface area (Å²) in [4.78, 5) is 20.5. The van der Waals surface area contributed by atoms with Crippen molar-refractivity contribution in [1.29, 1.82) is 0 Å². The third-order valence-electron chi connectivity index (χ3n) is 3.19. The molecule has 7 heteroatoms. The average molecular weight is 367 g/mol. The molecule has 0 atom stereocenters. The van der Waals surface area contributed by atoms with E-state index < -0.39 is 0 Å². The van der Waals surface area contributed by atoms with Gasteiger partial charge in [-0.25, -0.2) is 14.8 Å². The zero-order valence-corrected chi connectivity index (χ0v) is 13.9. The molecule has 0 saturated heterocycles. The molecule has 1 fully saturated rings. The number of nitrogens with zero attached hydrogens (tertiary/aromatic N) is 2. The van der Waals surface area contributed by atoms with Crippen LogP contribution in [0.2, 0.25) is 0 Å². The van der Waals surface area contributed by atoms with Crippen molar-refractivity contribution in [3.8, 4) is 10.6 Å². The summed E-state index contributed by atoms with van der Waals surface area (Å²) in [6, 6.07) is 1.62. The van der Waals surface area contributed by atoms with E-state index in [0.29, 0.717) is 11.7 Å². The zero-order valence-electron chi connectivity index (χ0n) is 11.5. The van der Waals surface area contributed by atoms with Crippen molar-refractivity contribution in [3.05, 3.63) is 27.8 Å². The Hall–Kier alpha value is -1.47. The minimum atomic E-state index is -0.210. The van der Waals surface area contributed by atoms with Crippen LogP contribution in [-0.2, 0) is 0 Å². The largest absolute Gasteiger partial charge is 0.338 e. The van der Waals surface area contributed by atoms with Gasteiger partial charge in [0.1, 0.15) is 10.8 Å². The molecule has 110 valence electrons. The summed E-state index contributed by atoms with van der Waals surface area (Å²) in [5.41, 5.74) is 1.91. The van der Waals surface area contributed by atoms with Crippen molar-refractivity contribution in [2.24, 2.45) is 5.92 Å². The Morgan fingerprint density at radius 2 is 2.33 bits per heavy atom. The highest BCUT2D eigenvalue weighted by molar-refractivity contribution is 9.10. The van der Waals surface area contributed by atoms with Gasteiger partial charge in [0.05, 0.1) is 0 Å². The van der Waals surface area contributed by atoms with Gasteiger partial charge in [-0.3, -0.25) is 5.32 Å². The summed E-state index contributed by atoms with van der Waals surface area (Å²) in [6.07, 6.45) is 4.11. The number of carbonyl (C=O) groups excluding carboxylic acids is 1. The average Bonchev–Trinajstić information content (AvgIpc) is 3.19. The van der Waals surface area contributed by atoms with Gasteiger partial charge in [0.25, 0.3) is 0 Å². The molecular formula is C14H15BrN4OS. The molecule has 0 aliphatic heterocycles. The lowest BCUT2D eigenvalue weighted by atomic mass is 10.2. The molecule has 2 aromatic rings. The lowest BCUT2D eigenvalue weighted by molar-refractivity contribution is 0.251. The molecule has 2 N–H and O–H groups in total. The van der Waals surface area contributed by atoms with E-state index >= 15 is 0 Å². The summed E-state index contributed by atoms with van der Waals surface area (Å²) in [5, 5.41) is 8.52. The quantitative estimate of drug-likeness (QED) is 0.864. The molecule has 0 unspecified atom stereocenters. The summed E-state index contributed by atoms with van der Waals surface area (Å²) in [5.74, 6) is 1.18. The lowest BCUT2D eigenvalue weighted by Crippen LogP contribution is -2.30. The van der Waals surface area contributed by atoms with Crippen LogP contribution in [0.5, 0.6) is 0 Å². The van der Waals surface area contributed by atoms with Crippen LogP contribution in [0.1, 0.15) is 18.5 Å². The van der Waals surface area contributed by atoms with Gasteiger partial charge >= 0.3 is 6.03 Å². The Bertz CT molecular complexity index is 669. The zero-order chi connectivity index (χ0) is 14.8. The SMILES string of the molecule is Cc1csc(-c2cc(NC(=O)NCC3CC3)ncc2Br)n1. The molecule has 0 radical (unpaired) electrons. The van der Waals surface area contributed by atoms with Crippen LogP contribution < -0.4 is 10.6 Å². The van der Waals surface area contributed by atoms with Crippen LogP contribution >= 0.6 is 27.3 Å². The van der Waals surface area contributed by atoms with Gasteiger partial charge in [-0.1, -0.05) is 0 Å². The number of rotatable bonds is 4. The molecule has 0 aromatic carbocycles. The van der Waals surface area contributed by atoms with Crippen LogP contribution in [0.3, 0.4) is 0 Å². The predicted molar refractivity (Wildman–Crippen MR) is 87.5 cm³/mol. The van der Waals surface area contributed by atoms with E-state index in [0.717, 1.165) is 27.3 Å². The Morgan fingerprint density at radius 3 is 3.00 bits per heavy atom. The van der Waals surface area contributed by atoms with E-state index in [9.17, 15) is 4.79 Å². The Balaban J connectivity index is 1.72. The highest BCUT2D eigenvalue weighted by atomic mass is 79.9. The van der Waals surface area contributed by atoms with Crippen LogP contribution in [0.4, 0.5) is 10.6 Å². The molecule has 2 amide bonds. The number of aryl methyl sites for hydroxylation is 1. The predicted octanol–water partition coefficient (Wildman–Crippen LogP) is 3.81. The highest BCUT2D eigenvalue weighted by Crippen LogP contribution is 2.31. The molecule has 0 spiro atoms. The highest BCUT2D eigenvalue weighted by Gasteiger charge is 2.21. The minimum Gasteiger partial charge on any atom is -0.338 e. The normalized spacial score (nSPS) is 14.0. The Morgan fingerprint density at radius 1 is 1.52 bits per heavy atom. The fraction of sp³-hybridized carbons (Fsp3) is 0.357. The second-order valence-electron chi connectivity index (χ2n) is 5.12. The van der Waals surface area contributed by atoms with E-state index in [1.807, 2.05) is 18.4 Å². The van der Waals surface area contributed by atoms with Crippen molar-refractivity contribution >= 4 is 39.1 Å². The summed E-state index contributed by atoms with van der Waals surface area (Å²) in [7, 11) is 0. The maximum absolute atomic E-state index is 11.8. The smallest absolute Gasteiger partial charge is 0.320 e. The standard InChI is InChI=1S/C14H15BrN4OS/c1-8-7-21-13(18-8)10-4-12(16-6-11(10)15)19-14(20)17-5-9-2-3-9/h4,6-7,9H,2-3,5H2,1H3,(H2,16,17,19,20). The van der Waals surface area contributed by atoms with Crippen molar-refractivity contribution < 1.29 is 4.79 Å². The second kappa shape index (κ2) is 6.11. The van der Waals surface area contributed by atoms with Gasteiger partial charge in [0.2, 0.25) is 0 Å². The molecule has 3 rings (SSSR count). The maximum Gasteiger partial charge on any atom is 0.320 e. The third-order valence-corrected chi connectivity index (χ3v) is 4.82. The monoisotopic (exact) mass is 366 g/mol. The number of amides is 2. The molecule has 1 aliphatic rings. The van der Waals surface area contributed by atoms with Gasteiger partial charge in [0.15, 0.2) is 0 Å². The summed E-state index contributed by atoms with van der Waals surface area (Å²) in [6.45, 7) is 2.69. The fourth-order valence-corrected chi connectivity index (χ4v) is 3.23. The molecule has 2 heterocycles. The first-order valence-electron chi connectivity index (χ1n) is 6.74. The maximum atomic E-state index is 11.8. The lowest BCUT2D eigenvalue weighted by Gasteiger charge is -2.08. The topological polar surface area (TPSA) is 66.9 Å². The number of urea groups is 1. The number of carbonyl (C=O) groups is 1. The van der Waals surface area contributed by atoms with Gasteiger partial charge in [-0.05, 0) is 47.7 Å². The number of hydrogen-bond donors (Lipinski definition) is 2. The molecular weight excluding hydrogens is 352 g/mol. The number of halogens is 1. The van der Waals surface area contributed by atoms with Gasteiger partial charge in [-0.15, -0.1) is 11.3 Å². The second-order valence-corrected chi connectivity index (χ2v) is 6.83. The van der Waals surface area contributed by atoms with Gasteiger partial charge in [0, 0.05) is 33.9 Å². The van der Waals surface area contributed by atoms with Crippen molar-refractivity contribution in [1.82, 2.24) is 15.3 Å². The minimum absolute atomic E-state index is 0.210. The number of thiazole rings is 1. The fourth-order valence-electron chi connectivity index (χ4n) is 1.87. The first-order valence-corrected chi connectivity index (χ1v) is 8.42. The molecule has 1 aliphatic carbocycles. The summed E-state index contributed by atoms with van der Waals surface area (Å²) >= 11 is 5.05. The first kappa shape index (κ1) is 14.5. The van der Waals surface area contributed by atoms with E-state index in [2.05, 4.69) is 36.5 Å². The first-order chi connectivity index (χ1) is 10.1. The Labute approximate surface area is 135 Å². The van der Waals surface area contributed by atoms with Crippen molar-refractivity contribution in [2.45, 2.75) is 19.8 Å². The number of aromatic nitrogens is 2. The van der Waals surface area contributed by atoms with Crippen LogP contribution in [0, 0.1) is 12.8 Å². The number of anilines is 1. The number of hydrogen-bond acceptors (Lipinski definition) is 4. The summed E-state index contributed by atoms with van der Waals surface area (Å²) < 4.78 is 0.862. The third kappa shape index (κ3) is 3.79. The van der Waals surface area contributed by atoms with Gasteiger partial charge < -0.3 is 5.32 Å². The van der Waals surface area contributed by atoms with Crippen LogP contribution in [-0.4, -0.2) is 22.5 Å².